The van der Waals surface area contributed by atoms with Crippen molar-refractivity contribution in [1.29, 1.82) is 0 Å². The monoisotopic (exact) mass is 652 g/mol. The number of nitrogens with zero attached hydrogens (tertiary/aromatic N) is 6. The molecule has 5 aromatic rings. The van der Waals surface area contributed by atoms with Gasteiger partial charge in [-0.2, -0.15) is 5.10 Å². The highest BCUT2D eigenvalue weighted by molar-refractivity contribution is 6.31. The molecule has 1 unspecified atom stereocenters. The van der Waals surface area contributed by atoms with Crippen molar-refractivity contribution in [2.24, 2.45) is 0 Å². The standard InChI is InChI=1S/C37H41ClN6O3/c1-25-20-28(12-13-32(25)38)36-31-24-41(26(2)45)19-16-33(31)43(39-36)23-30(46)22-40-17-14-29(15-18-40)44-35-11-7-6-10-34(35)42(37(44)47)21-27-8-4-3-5-9-27/h3-13,20,29-30,46H,14-19,21-24H2,1-2H3. The molecule has 4 heterocycles. The van der Waals surface area contributed by atoms with Crippen molar-refractivity contribution in [3.8, 4) is 11.3 Å². The van der Waals surface area contributed by atoms with Crippen molar-refractivity contribution in [2.75, 3.05) is 26.2 Å². The maximum Gasteiger partial charge on any atom is 0.329 e. The van der Waals surface area contributed by atoms with Crippen LogP contribution in [0.1, 0.15) is 48.2 Å². The Morgan fingerprint density at radius 3 is 2.43 bits per heavy atom. The van der Waals surface area contributed by atoms with E-state index in [0.717, 1.165) is 70.6 Å². The lowest BCUT2D eigenvalue weighted by Crippen LogP contribution is -2.42. The number of hydrogen-bond acceptors (Lipinski definition) is 5. The predicted molar refractivity (Wildman–Crippen MR) is 185 cm³/mol. The number of amides is 1. The highest BCUT2D eigenvalue weighted by Gasteiger charge is 2.30. The first-order valence-corrected chi connectivity index (χ1v) is 16.9. The Morgan fingerprint density at radius 2 is 1.70 bits per heavy atom. The first kappa shape index (κ1) is 31.4. The fraction of sp³-hybridized carbons (Fsp3) is 0.378. The largest absolute Gasteiger partial charge is 0.390 e. The van der Waals surface area contributed by atoms with E-state index in [4.69, 9.17) is 16.7 Å². The van der Waals surface area contributed by atoms with Gasteiger partial charge in [-0.3, -0.25) is 18.6 Å². The number of imidazole rings is 1. The molecule has 0 bridgehead atoms. The van der Waals surface area contributed by atoms with Crippen LogP contribution in [0.5, 0.6) is 0 Å². The van der Waals surface area contributed by atoms with Crippen LogP contribution in [0.15, 0.2) is 77.6 Å². The Balaban J connectivity index is 1.05. The molecule has 3 aromatic carbocycles. The number of β-amino-alcohol motifs (C(OH)–C–C–N with tert-alkyl or cyclic N) is 1. The minimum Gasteiger partial charge on any atom is -0.390 e. The first-order valence-electron chi connectivity index (χ1n) is 16.5. The smallest absolute Gasteiger partial charge is 0.329 e. The lowest BCUT2D eigenvalue weighted by atomic mass is 9.99. The van der Waals surface area contributed by atoms with Crippen molar-refractivity contribution in [1.82, 2.24) is 28.7 Å². The molecule has 0 radical (unpaired) electrons. The Hall–Kier alpha value is -4.18. The van der Waals surface area contributed by atoms with Gasteiger partial charge in [0.25, 0.3) is 0 Å². The highest BCUT2D eigenvalue weighted by atomic mass is 35.5. The van der Waals surface area contributed by atoms with Crippen molar-refractivity contribution in [3.63, 3.8) is 0 Å². The van der Waals surface area contributed by atoms with Crippen molar-refractivity contribution >= 4 is 28.5 Å². The summed E-state index contributed by atoms with van der Waals surface area (Å²) in [5, 5.41) is 17.0. The van der Waals surface area contributed by atoms with Gasteiger partial charge in [-0.1, -0.05) is 60.1 Å². The zero-order valence-corrected chi connectivity index (χ0v) is 27.7. The van der Waals surface area contributed by atoms with E-state index in [1.165, 1.54) is 0 Å². The fourth-order valence-corrected chi connectivity index (χ4v) is 7.47. The summed E-state index contributed by atoms with van der Waals surface area (Å²) in [6, 6.07) is 24.2. The molecule has 1 amide bonds. The van der Waals surface area contributed by atoms with E-state index < -0.39 is 6.10 Å². The van der Waals surface area contributed by atoms with Crippen LogP contribution < -0.4 is 5.69 Å². The molecule has 2 aliphatic heterocycles. The van der Waals surface area contributed by atoms with E-state index in [2.05, 4.69) is 17.0 Å². The number of hydrogen-bond donors (Lipinski definition) is 1. The zero-order chi connectivity index (χ0) is 32.7. The van der Waals surface area contributed by atoms with Gasteiger partial charge in [0.15, 0.2) is 0 Å². The van der Waals surface area contributed by atoms with Crippen molar-refractivity contribution < 1.29 is 9.90 Å². The van der Waals surface area contributed by atoms with Gasteiger partial charge < -0.3 is 14.9 Å². The van der Waals surface area contributed by atoms with Gasteiger partial charge in [-0.15, -0.1) is 0 Å². The molecule has 7 rings (SSSR count). The fourth-order valence-electron chi connectivity index (χ4n) is 7.35. The molecule has 2 aromatic heterocycles. The molecule has 1 N–H and O–H groups in total. The van der Waals surface area contributed by atoms with E-state index >= 15 is 0 Å². The van der Waals surface area contributed by atoms with Gasteiger partial charge in [-0.05, 0) is 55.2 Å². The maximum atomic E-state index is 13.8. The third kappa shape index (κ3) is 6.27. The number of halogens is 1. The SMILES string of the molecule is CC(=O)N1CCc2c(c(-c3ccc(Cl)c(C)c3)nn2CC(O)CN2CCC(n3c(=O)n(Cc4ccccc4)c4ccccc43)CC2)C1. The second-order valence-electron chi connectivity index (χ2n) is 13.0. The van der Waals surface area contributed by atoms with E-state index in [1.807, 2.05) is 86.3 Å². The van der Waals surface area contributed by atoms with Crippen molar-refractivity contribution in [3.05, 3.63) is 111 Å². The van der Waals surface area contributed by atoms with E-state index in [0.29, 0.717) is 44.2 Å². The van der Waals surface area contributed by atoms with E-state index in [-0.39, 0.29) is 17.6 Å². The van der Waals surface area contributed by atoms with Crippen LogP contribution in [0.4, 0.5) is 0 Å². The molecule has 2 aliphatic rings. The number of rotatable bonds is 8. The minimum atomic E-state index is -0.614. The number of aliphatic hydroxyl groups is 1. The van der Waals surface area contributed by atoms with Crippen LogP contribution >= 0.6 is 11.6 Å². The van der Waals surface area contributed by atoms with Crippen molar-refractivity contribution in [2.45, 2.75) is 64.9 Å². The number of para-hydroxylation sites is 2. The Labute approximate surface area is 279 Å². The second-order valence-corrected chi connectivity index (χ2v) is 13.4. The normalized spacial score (nSPS) is 16.5. The summed E-state index contributed by atoms with van der Waals surface area (Å²) in [5.74, 6) is 0.0492. The van der Waals surface area contributed by atoms with Gasteiger partial charge in [0.2, 0.25) is 5.91 Å². The van der Waals surface area contributed by atoms with Crippen LogP contribution in [-0.4, -0.2) is 72.0 Å². The summed E-state index contributed by atoms with van der Waals surface area (Å²) in [7, 11) is 0. The molecule has 0 saturated carbocycles. The molecule has 1 saturated heterocycles. The lowest BCUT2D eigenvalue weighted by Gasteiger charge is -2.33. The predicted octanol–water partition coefficient (Wildman–Crippen LogP) is 5.28. The van der Waals surface area contributed by atoms with Gasteiger partial charge in [0, 0.05) is 74.0 Å². The molecule has 9 nitrogen and oxygen atoms in total. The van der Waals surface area contributed by atoms with Gasteiger partial charge in [0.1, 0.15) is 0 Å². The minimum absolute atomic E-state index is 0.0343. The van der Waals surface area contributed by atoms with Crippen LogP contribution in [0.2, 0.25) is 5.02 Å². The highest BCUT2D eigenvalue weighted by Crippen LogP contribution is 2.33. The number of aliphatic hydroxyl groups excluding tert-OH is 1. The number of likely N-dealkylation sites (tertiary alicyclic amines) is 1. The summed E-state index contributed by atoms with van der Waals surface area (Å²) in [6.07, 6.45) is 1.75. The average molecular weight is 653 g/mol. The zero-order valence-electron chi connectivity index (χ0n) is 27.0. The maximum absolute atomic E-state index is 13.8. The third-order valence-electron chi connectivity index (χ3n) is 9.84. The topological polar surface area (TPSA) is 88.5 Å². The quantitative estimate of drug-likeness (QED) is 0.247. The number of fused-ring (bicyclic) bond motifs is 2. The number of piperidine rings is 1. The van der Waals surface area contributed by atoms with E-state index in [1.54, 1.807) is 6.92 Å². The molecule has 0 spiro atoms. The molecule has 0 aliphatic carbocycles. The molecular formula is C37H41ClN6O3. The summed E-state index contributed by atoms with van der Waals surface area (Å²) in [6.45, 7) is 7.77. The van der Waals surface area contributed by atoms with Crippen LogP contribution in [0.25, 0.3) is 22.3 Å². The molecule has 1 atom stereocenters. The second kappa shape index (κ2) is 13.1. The van der Waals surface area contributed by atoms with Crippen LogP contribution in [0, 0.1) is 6.92 Å². The van der Waals surface area contributed by atoms with E-state index in [9.17, 15) is 14.7 Å². The number of carbonyl (C=O) groups excluding carboxylic acids is 1. The van der Waals surface area contributed by atoms with Gasteiger partial charge in [-0.25, -0.2) is 4.79 Å². The summed E-state index contributed by atoms with van der Waals surface area (Å²) < 4.78 is 5.83. The number of aromatic nitrogens is 4. The van der Waals surface area contributed by atoms with Gasteiger partial charge >= 0.3 is 5.69 Å². The van der Waals surface area contributed by atoms with Crippen LogP contribution in [0.3, 0.4) is 0 Å². The number of aryl methyl sites for hydroxylation is 1. The van der Waals surface area contributed by atoms with Gasteiger partial charge in [0.05, 0.1) is 35.9 Å². The summed E-state index contributed by atoms with van der Waals surface area (Å²) >= 11 is 6.32. The first-order chi connectivity index (χ1) is 22.8. The molecule has 10 heteroatoms. The Kier molecular flexibility index (Phi) is 8.79. The van der Waals surface area contributed by atoms with Crippen LogP contribution in [-0.2, 0) is 30.8 Å². The molecule has 47 heavy (non-hydrogen) atoms. The lowest BCUT2D eigenvalue weighted by molar-refractivity contribution is -0.129. The molecular weight excluding hydrogens is 612 g/mol. The summed E-state index contributed by atoms with van der Waals surface area (Å²) in [4.78, 5) is 30.2. The third-order valence-corrected chi connectivity index (χ3v) is 10.3. The Morgan fingerprint density at radius 1 is 0.979 bits per heavy atom. The molecule has 244 valence electrons. The summed E-state index contributed by atoms with van der Waals surface area (Å²) in [5.41, 5.74) is 7.97. The number of benzene rings is 3. The number of carbonyl (C=O) groups is 1. The molecule has 1 fully saturated rings. The Bertz CT molecular complexity index is 1970. The average Bonchev–Trinajstić information content (AvgIpc) is 3.57.